The number of likely N-dealkylation sites (tertiary alicyclic amines) is 1. The molecule has 1 aromatic rings. The molecule has 0 spiro atoms. The quantitative estimate of drug-likeness (QED) is 0.853. The molecule has 1 atom stereocenters. The lowest BCUT2D eigenvalue weighted by molar-refractivity contribution is -0.133. The van der Waals surface area contributed by atoms with Gasteiger partial charge in [0.1, 0.15) is 13.2 Å². The maximum absolute atomic E-state index is 12.7. The second kappa shape index (κ2) is 7.85. The Kier molecular flexibility index (Phi) is 5.58. The first-order valence-electron chi connectivity index (χ1n) is 8.75. The third-order valence-electron chi connectivity index (χ3n) is 4.75. The monoisotopic (exact) mass is 334 g/mol. The molecule has 1 N–H and O–H groups in total. The molecular weight excluding hydrogens is 308 g/mol. The number of aliphatic hydroxyl groups excluding tert-OH is 1. The zero-order valence-corrected chi connectivity index (χ0v) is 14.2. The van der Waals surface area contributed by atoms with Crippen LogP contribution in [0.15, 0.2) is 18.2 Å². The van der Waals surface area contributed by atoms with Crippen LogP contribution in [0.3, 0.4) is 0 Å². The Labute approximate surface area is 143 Å². The largest absolute Gasteiger partial charge is 0.486 e. The van der Waals surface area contributed by atoms with Gasteiger partial charge in [-0.05, 0) is 37.1 Å². The number of ether oxygens (including phenoxy) is 2. The topological polar surface area (TPSA) is 62.2 Å². The van der Waals surface area contributed by atoms with Crippen molar-refractivity contribution in [2.24, 2.45) is 0 Å². The number of amides is 1. The minimum Gasteiger partial charge on any atom is -0.486 e. The van der Waals surface area contributed by atoms with E-state index in [9.17, 15) is 4.79 Å². The number of carbonyl (C=O) groups excluding carboxylic acids is 1. The zero-order chi connectivity index (χ0) is 16.9. The number of fused-ring (bicyclic) bond motifs is 1. The van der Waals surface area contributed by atoms with E-state index in [0.717, 1.165) is 43.0 Å². The van der Waals surface area contributed by atoms with Gasteiger partial charge >= 0.3 is 0 Å². The summed E-state index contributed by atoms with van der Waals surface area (Å²) in [4.78, 5) is 16.6. The van der Waals surface area contributed by atoms with Gasteiger partial charge in [-0.2, -0.15) is 0 Å². The summed E-state index contributed by atoms with van der Waals surface area (Å²) in [6.45, 7) is 5.67. The summed E-state index contributed by atoms with van der Waals surface area (Å²) in [5.74, 6) is 1.68. The number of hydrogen-bond donors (Lipinski definition) is 1. The van der Waals surface area contributed by atoms with Crippen LogP contribution in [0.4, 0.5) is 0 Å². The van der Waals surface area contributed by atoms with Crippen LogP contribution in [-0.2, 0) is 4.79 Å². The predicted octanol–water partition coefficient (Wildman–Crippen LogP) is 1.44. The van der Waals surface area contributed by atoms with Crippen molar-refractivity contribution in [3.63, 3.8) is 0 Å². The Morgan fingerprint density at radius 1 is 1.33 bits per heavy atom. The van der Waals surface area contributed by atoms with E-state index in [0.29, 0.717) is 26.3 Å². The van der Waals surface area contributed by atoms with Crippen LogP contribution in [-0.4, -0.2) is 66.8 Å². The molecule has 1 amide bonds. The van der Waals surface area contributed by atoms with Crippen molar-refractivity contribution in [2.75, 3.05) is 46.0 Å². The van der Waals surface area contributed by atoms with Gasteiger partial charge in [0, 0.05) is 13.1 Å². The molecule has 3 rings (SSSR count). The van der Waals surface area contributed by atoms with E-state index in [1.54, 1.807) is 0 Å². The van der Waals surface area contributed by atoms with E-state index in [4.69, 9.17) is 14.6 Å². The molecule has 0 aliphatic carbocycles. The second-order valence-electron chi connectivity index (χ2n) is 6.24. The molecule has 1 unspecified atom stereocenters. The summed E-state index contributed by atoms with van der Waals surface area (Å²) in [7, 11) is 0. The summed E-state index contributed by atoms with van der Waals surface area (Å²) in [6, 6.07) is 6.08. The maximum atomic E-state index is 12.7. The molecule has 2 aliphatic heterocycles. The first-order valence-corrected chi connectivity index (χ1v) is 8.75. The third kappa shape index (κ3) is 3.65. The lowest BCUT2D eigenvalue weighted by atomic mass is 10.0. The number of aliphatic hydroxyl groups is 1. The maximum Gasteiger partial charge on any atom is 0.237 e. The zero-order valence-electron chi connectivity index (χ0n) is 14.2. The van der Waals surface area contributed by atoms with E-state index in [-0.39, 0.29) is 18.6 Å². The summed E-state index contributed by atoms with van der Waals surface area (Å²) in [5, 5.41) is 9.10. The van der Waals surface area contributed by atoms with Crippen LogP contribution in [0, 0.1) is 0 Å². The summed E-state index contributed by atoms with van der Waals surface area (Å²) < 4.78 is 11.2. The SMILES string of the molecule is CCN(CCO)CC(=O)N1CCCC1c1ccc2c(c1)OCCO2. The van der Waals surface area contributed by atoms with Gasteiger partial charge in [0.25, 0.3) is 0 Å². The highest BCUT2D eigenvalue weighted by molar-refractivity contribution is 5.79. The molecular formula is C18H26N2O4. The van der Waals surface area contributed by atoms with Crippen LogP contribution in [0.1, 0.15) is 31.4 Å². The van der Waals surface area contributed by atoms with Gasteiger partial charge in [0.05, 0.1) is 19.2 Å². The Bertz CT molecular complexity index is 578. The fourth-order valence-corrected chi connectivity index (χ4v) is 3.45. The van der Waals surface area contributed by atoms with Gasteiger partial charge in [0.15, 0.2) is 11.5 Å². The fourth-order valence-electron chi connectivity index (χ4n) is 3.45. The molecule has 0 bridgehead atoms. The molecule has 0 saturated carbocycles. The Morgan fingerprint density at radius 2 is 2.12 bits per heavy atom. The summed E-state index contributed by atoms with van der Waals surface area (Å²) >= 11 is 0. The van der Waals surface area contributed by atoms with Crippen molar-refractivity contribution in [3.8, 4) is 11.5 Å². The van der Waals surface area contributed by atoms with Gasteiger partial charge in [0.2, 0.25) is 5.91 Å². The van der Waals surface area contributed by atoms with Crippen LogP contribution < -0.4 is 9.47 Å². The molecule has 24 heavy (non-hydrogen) atoms. The highest BCUT2D eigenvalue weighted by Gasteiger charge is 2.31. The molecule has 6 heteroatoms. The first-order chi connectivity index (χ1) is 11.7. The lowest BCUT2D eigenvalue weighted by Gasteiger charge is -2.29. The molecule has 1 fully saturated rings. The molecule has 2 aliphatic rings. The third-order valence-corrected chi connectivity index (χ3v) is 4.75. The van der Waals surface area contributed by atoms with E-state index < -0.39 is 0 Å². The lowest BCUT2D eigenvalue weighted by Crippen LogP contribution is -2.41. The van der Waals surface area contributed by atoms with Crippen molar-refractivity contribution < 1.29 is 19.4 Å². The molecule has 2 heterocycles. The molecule has 0 radical (unpaired) electrons. The molecule has 132 valence electrons. The van der Waals surface area contributed by atoms with Crippen LogP contribution in [0.25, 0.3) is 0 Å². The van der Waals surface area contributed by atoms with Gasteiger partial charge in [-0.1, -0.05) is 13.0 Å². The molecule has 0 aromatic heterocycles. The summed E-state index contributed by atoms with van der Waals surface area (Å²) in [6.07, 6.45) is 1.98. The standard InChI is InChI=1S/C18H26N2O4/c1-2-19(8-9-21)13-18(22)20-7-3-4-15(20)14-5-6-16-17(12-14)24-11-10-23-16/h5-6,12,15,21H,2-4,7-11,13H2,1H3. The van der Waals surface area contributed by atoms with Gasteiger partial charge in [-0.25, -0.2) is 0 Å². The van der Waals surface area contributed by atoms with Gasteiger partial charge < -0.3 is 19.5 Å². The number of carbonyl (C=O) groups is 1. The van der Waals surface area contributed by atoms with E-state index in [2.05, 4.69) is 0 Å². The average Bonchev–Trinajstić information content (AvgIpc) is 3.10. The Balaban J connectivity index is 1.72. The summed E-state index contributed by atoms with van der Waals surface area (Å²) in [5.41, 5.74) is 1.11. The molecule has 1 saturated heterocycles. The number of benzene rings is 1. The molecule has 6 nitrogen and oxygen atoms in total. The number of likely N-dealkylation sites (N-methyl/N-ethyl adjacent to an activating group) is 1. The highest BCUT2D eigenvalue weighted by atomic mass is 16.6. The van der Waals surface area contributed by atoms with Crippen molar-refractivity contribution in [3.05, 3.63) is 23.8 Å². The van der Waals surface area contributed by atoms with Crippen LogP contribution >= 0.6 is 0 Å². The van der Waals surface area contributed by atoms with Crippen LogP contribution in [0.2, 0.25) is 0 Å². The normalized spacial score (nSPS) is 19.8. The minimum absolute atomic E-state index is 0.0761. The van der Waals surface area contributed by atoms with Crippen molar-refractivity contribution >= 4 is 5.91 Å². The Morgan fingerprint density at radius 3 is 2.88 bits per heavy atom. The van der Waals surface area contributed by atoms with Crippen molar-refractivity contribution in [1.82, 2.24) is 9.80 Å². The number of hydrogen-bond acceptors (Lipinski definition) is 5. The smallest absolute Gasteiger partial charge is 0.237 e. The Hall–Kier alpha value is -1.79. The van der Waals surface area contributed by atoms with Gasteiger partial charge in [-0.3, -0.25) is 9.69 Å². The predicted molar refractivity (Wildman–Crippen MR) is 90.3 cm³/mol. The minimum atomic E-state index is 0.0761. The highest BCUT2D eigenvalue weighted by Crippen LogP contribution is 2.38. The van der Waals surface area contributed by atoms with E-state index >= 15 is 0 Å². The van der Waals surface area contributed by atoms with E-state index in [1.807, 2.05) is 34.9 Å². The van der Waals surface area contributed by atoms with Crippen molar-refractivity contribution in [1.29, 1.82) is 0 Å². The van der Waals surface area contributed by atoms with Gasteiger partial charge in [-0.15, -0.1) is 0 Å². The second-order valence-corrected chi connectivity index (χ2v) is 6.24. The fraction of sp³-hybridized carbons (Fsp3) is 0.611. The molecule has 1 aromatic carbocycles. The number of nitrogens with zero attached hydrogens (tertiary/aromatic N) is 2. The average molecular weight is 334 g/mol. The first kappa shape index (κ1) is 17.0. The van der Waals surface area contributed by atoms with E-state index in [1.165, 1.54) is 0 Å². The van der Waals surface area contributed by atoms with Crippen LogP contribution in [0.5, 0.6) is 11.5 Å². The van der Waals surface area contributed by atoms with Crippen molar-refractivity contribution in [2.45, 2.75) is 25.8 Å². The number of rotatable bonds is 6.